The summed E-state index contributed by atoms with van der Waals surface area (Å²) in [5.74, 6) is 1.53. The van der Waals surface area contributed by atoms with E-state index in [1.165, 1.54) is 0 Å². The van der Waals surface area contributed by atoms with Crippen molar-refractivity contribution in [2.75, 3.05) is 13.7 Å². The van der Waals surface area contributed by atoms with E-state index in [-0.39, 0.29) is 0 Å². The van der Waals surface area contributed by atoms with Crippen LogP contribution < -0.4 is 14.8 Å². The molecule has 1 heterocycles. The summed E-state index contributed by atoms with van der Waals surface area (Å²) in [4.78, 5) is 4.48. The first-order valence-electron chi connectivity index (χ1n) is 6.26. The average Bonchev–Trinajstić information content (AvgIpc) is 2.86. The van der Waals surface area contributed by atoms with E-state index in [1.54, 1.807) is 11.3 Å². The van der Waals surface area contributed by atoms with Crippen molar-refractivity contribution in [2.24, 2.45) is 0 Å². The van der Waals surface area contributed by atoms with Gasteiger partial charge in [-0.15, -0.1) is 11.3 Å². The number of para-hydroxylation sites is 2. The molecule has 5 heteroatoms. The van der Waals surface area contributed by atoms with E-state index >= 15 is 0 Å². The highest BCUT2D eigenvalue weighted by molar-refractivity contribution is 7.09. The summed E-state index contributed by atoms with van der Waals surface area (Å²) in [7, 11) is 1.91. The number of nitrogens with one attached hydrogen (secondary N) is 1. The Morgan fingerprint density at radius 2 is 1.95 bits per heavy atom. The molecule has 1 aromatic heterocycles. The molecule has 0 amide bonds. The summed E-state index contributed by atoms with van der Waals surface area (Å²) in [6.07, 6.45) is 0. The lowest BCUT2D eigenvalue weighted by molar-refractivity contribution is 0.269. The molecule has 0 spiro atoms. The van der Waals surface area contributed by atoms with E-state index in [0.29, 0.717) is 13.2 Å². The molecule has 0 atom stereocenters. The van der Waals surface area contributed by atoms with Crippen molar-refractivity contribution in [1.29, 1.82) is 0 Å². The molecule has 0 aliphatic carbocycles. The first-order chi connectivity index (χ1) is 9.33. The fourth-order valence-electron chi connectivity index (χ4n) is 1.66. The topological polar surface area (TPSA) is 43.4 Å². The second-order valence-electron chi connectivity index (χ2n) is 3.93. The Balaban J connectivity index is 1.97. The summed E-state index contributed by atoms with van der Waals surface area (Å²) in [6.45, 7) is 3.84. The fraction of sp³-hybridized carbons (Fsp3) is 0.357. The van der Waals surface area contributed by atoms with Gasteiger partial charge in [0.15, 0.2) is 11.5 Å². The number of ether oxygens (including phenoxy) is 2. The van der Waals surface area contributed by atoms with Crippen LogP contribution in [0.3, 0.4) is 0 Å². The lowest BCUT2D eigenvalue weighted by Gasteiger charge is -2.10. The van der Waals surface area contributed by atoms with Crippen LogP contribution in [0.15, 0.2) is 29.6 Å². The summed E-state index contributed by atoms with van der Waals surface area (Å²) in [6, 6.07) is 7.69. The number of benzene rings is 1. The molecule has 0 radical (unpaired) electrons. The molecule has 19 heavy (non-hydrogen) atoms. The van der Waals surface area contributed by atoms with E-state index in [9.17, 15) is 0 Å². The van der Waals surface area contributed by atoms with E-state index in [0.717, 1.165) is 28.7 Å². The molecule has 4 nitrogen and oxygen atoms in total. The SMILES string of the molecule is CCOc1ccccc1OCc1nc(CNC)cs1. The van der Waals surface area contributed by atoms with Gasteiger partial charge in [-0.1, -0.05) is 12.1 Å². The van der Waals surface area contributed by atoms with Gasteiger partial charge in [0, 0.05) is 11.9 Å². The standard InChI is InChI=1S/C14H18N2O2S/c1-3-17-12-6-4-5-7-13(12)18-9-14-16-11(8-15-2)10-19-14/h4-7,10,15H,3,8-9H2,1-2H3. The molecule has 0 unspecified atom stereocenters. The Bertz CT molecular complexity index is 514. The predicted molar refractivity (Wildman–Crippen MR) is 76.8 cm³/mol. The molecule has 2 rings (SSSR count). The zero-order chi connectivity index (χ0) is 13.5. The zero-order valence-electron chi connectivity index (χ0n) is 11.2. The van der Waals surface area contributed by atoms with Crippen molar-refractivity contribution in [3.8, 4) is 11.5 Å². The van der Waals surface area contributed by atoms with Crippen LogP contribution in [-0.2, 0) is 13.2 Å². The van der Waals surface area contributed by atoms with Crippen molar-refractivity contribution in [1.82, 2.24) is 10.3 Å². The van der Waals surface area contributed by atoms with Crippen LogP contribution in [0.25, 0.3) is 0 Å². The third-order valence-corrected chi connectivity index (χ3v) is 3.33. The normalized spacial score (nSPS) is 10.4. The van der Waals surface area contributed by atoms with Gasteiger partial charge in [-0.2, -0.15) is 0 Å². The Morgan fingerprint density at radius 3 is 2.63 bits per heavy atom. The van der Waals surface area contributed by atoms with Crippen molar-refractivity contribution < 1.29 is 9.47 Å². The summed E-state index contributed by atoms with van der Waals surface area (Å²) >= 11 is 1.61. The molecule has 1 N–H and O–H groups in total. The van der Waals surface area contributed by atoms with Crippen molar-refractivity contribution in [3.63, 3.8) is 0 Å². The number of rotatable bonds is 7. The van der Waals surface area contributed by atoms with Gasteiger partial charge >= 0.3 is 0 Å². The molecule has 0 aliphatic rings. The van der Waals surface area contributed by atoms with Crippen LogP contribution in [-0.4, -0.2) is 18.6 Å². The monoisotopic (exact) mass is 278 g/mol. The minimum Gasteiger partial charge on any atom is -0.490 e. The summed E-state index contributed by atoms with van der Waals surface area (Å²) in [5.41, 5.74) is 1.05. The Morgan fingerprint density at radius 1 is 1.21 bits per heavy atom. The Kier molecular flexibility index (Phi) is 5.18. The Hall–Kier alpha value is -1.59. The number of thiazole rings is 1. The molecule has 0 bridgehead atoms. The van der Waals surface area contributed by atoms with E-state index in [2.05, 4.69) is 10.3 Å². The van der Waals surface area contributed by atoms with Gasteiger partial charge in [-0.3, -0.25) is 0 Å². The highest BCUT2D eigenvalue weighted by Crippen LogP contribution is 2.27. The van der Waals surface area contributed by atoms with Gasteiger partial charge in [-0.25, -0.2) is 4.98 Å². The maximum atomic E-state index is 5.77. The van der Waals surface area contributed by atoms with Crippen LogP contribution in [0.2, 0.25) is 0 Å². The van der Waals surface area contributed by atoms with Gasteiger partial charge in [-0.05, 0) is 26.1 Å². The second kappa shape index (κ2) is 7.11. The van der Waals surface area contributed by atoms with Gasteiger partial charge in [0.2, 0.25) is 0 Å². The van der Waals surface area contributed by atoms with Crippen LogP contribution in [0.4, 0.5) is 0 Å². The quantitative estimate of drug-likeness (QED) is 0.846. The van der Waals surface area contributed by atoms with Gasteiger partial charge in [0.05, 0.1) is 12.3 Å². The second-order valence-corrected chi connectivity index (χ2v) is 4.87. The van der Waals surface area contributed by atoms with Crippen LogP contribution in [0.1, 0.15) is 17.6 Å². The van der Waals surface area contributed by atoms with E-state index in [4.69, 9.17) is 9.47 Å². The summed E-state index contributed by atoms with van der Waals surface area (Å²) < 4.78 is 11.3. The fourth-order valence-corrected chi connectivity index (χ4v) is 2.37. The van der Waals surface area contributed by atoms with E-state index < -0.39 is 0 Å². The number of hydrogen-bond acceptors (Lipinski definition) is 5. The van der Waals surface area contributed by atoms with Crippen LogP contribution in [0.5, 0.6) is 11.5 Å². The highest BCUT2D eigenvalue weighted by atomic mass is 32.1. The third-order valence-electron chi connectivity index (χ3n) is 2.46. The number of hydrogen-bond donors (Lipinski definition) is 1. The first kappa shape index (κ1) is 13.8. The smallest absolute Gasteiger partial charge is 0.161 e. The maximum Gasteiger partial charge on any atom is 0.161 e. The summed E-state index contributed by atoms with van der Waals surface area (Å²) in [5, 5.41) is 6.09. The predicted octanol–water partition coefficient (Wildman–Crippen LogP) is 2.84. The molecule has 102 valence electrons. The number of aromatic nitrogens is 1. The van der Waals surface area contributed by atoms with Gasteiger partial charge in [0.25, 0.3) is 0 Å². The molecule has 1 aromatic carbocycles. The maximum absolute atomic E-state index is 5.77. The molecule has 0 saturated heterocycles. The Labute approximate surface area is 117 Å². The first-order valence-corrected chi connectivity index (χ1v) is 7.14. The zero-order valence-corrected chi connectivity index (χ0v) is 12.0. The largest absolute Gasteiger partial charge is 0.490 e. The molecular weight excluding hydrogens is 260 g/mol. The van der Waals surface area contributed by atoms with Crippen molar-refractivity contribution in [3.05, 3.63) is 40.3 Å². The minimum absolute atomic E-state index is 0.471. The molecule has 0 saturated carbocycles. The van der Waals surface area contributed by atoms with Crippen molar-refractivity contribution >= 4 is 11.3 Å². The lowest BCUT2D eigenvalue weighted by Crippen LogP contribution is -2.05. The van der Waals surface area contributed by atoms with Gasteiger partial charge in [0.1, 0.15) is 11.6 Å². The third kappa shape index (κ3) is 3.94. The molecule has 0 aliphatic heterocycles. The molecular formula is C14H18N2O2S. The molecule has 0 fully saturated rings. The lowest BCUT2D eigenvalue weighted by atomic mass is 10.3. The molecule has 2 aromatic rings. The number of nitrogens with zero attached hydrogens (tertiary/aromatic N) is 1. The van der Waals surface area contributed by atoms with Crippen LogP contribution in [0, 0.1) is 0 Å². The average molecular weight is 278 g/mol. The van der Waals surface area contributed by atoms with Crippen LogP contribution >= 0.6 is 11.3 Å². The minimum atomic E-state index is 0.471. The highest BCUT2D eigenvalue weighted by Gasteiger charge is 2.06. The van der Waals surface area contributed by atoms with Gasteiger partial charge < -0.3 is 14.8 Å². The van der Waals surface area contributed by atoms with Crippen molar-refractivity contribution in [2.45, 2.75) is 20.1 Å². The van der Waals surface area contributed by atoms with E-state index in [1.807, 2.05) is 43.6 Å².